The number of methoxy groups -OCH3 is 1. The molecule has 2 aromatic carbocycles. The van der Waals surface area contributed by atoms with Crippen molar-refractivity contribution >= 4 is 64.1 Å². The zero-order valence-corrected chi connectivity index (χ0v) is 14.9. The molecule has 0 radical (unpaired) electrons. The number of benzene rings is 2. The number of hydrogen-bond donors (Lipinski definition) is 1. The number of halogens is 4. The number of ether oxygens (including phenoxy) is 1. The van der Waals surface area contributed by atoms with Crippen molar-refractivity contribution in [2.75, 3.05) is 12.4 Å². The standard InChI is InChI=1S/C16H11Cl4NO2/c1-23-16-9(6-11(18)7-13(16)20)2-5-15(22)21-14-8-10(17)3-4-12(14)19/h2-8H,1H3,(H,21,22)/b5-2+. The molecule has 1 amide bonds. The lowest BCUT2D eigenvalue weighted by atomic mass is 10.2. The highest BCUT2D eigenvalue weighted by atomic mass is 35.5. The predicted octanol–water partition coefficient (Wildman–Crippen LogP) is 5.96. The van der Waals surface area contributed by atoms with Crippen LogP contribution in [0.4, 0.5) is 5.69 Å². The van der Waals surface area contributed by atoms with E-state index in [4.69, 9.17) is 51.1 Å². The average molecular weight is 391 g/mol. The number of anilines is 1. The maximum absolute atomic E-state index is 12.0. The first-order valence-electron chi connectivity index (χ1n) is 6.38. The van der Waals surface area contributed by atoms with E-state index in [0.29, 0.717) is 37.1 Å². The van der Waals surface area contributed by atoms with E-state index in [1.165, 1.54) is 13.2 Å². The first-order valence-corrected chi connectivity index (χ1v) is 7.89. The lowest BCUT2D eigenvalue weighted by Gasteiger charge is -2.08. The van der Waals surface area contributed by atoms with Crippen molar-refractivity contribution in [2.24, 2.45) is 0 Å². The molecule has 1 N–H and O–H groups in total. The quantitative estimate of drug-likeness (QED) is 0.654. The highest BCUT2D eigenvalue weighted by Gasteiger charge is 2.09. The molecule has 3 nitrogen and oxygen atoms in total. The van der Waals surface area contributed by atoms with Crippen molar-refractivity contribution in [3.05, 3.63) is 62.1 Å². The van der Waals surface area contributed by atoms with Crippen LogP contribution in [-0.2, 0) is 4.79 Å². The lowest BCUT2D eigenvalue weighted by molar-refractivity contribution is -0.111. The van der Waals surface area contributed by atoms with Crippen LogP contribution in [0.3, 0.4) is 0 Å². The minimum absolute atomic E-state index is 0.359. The summed E-state index contributed by atoms with van der Waals surface area (Å²) in [5, 5.41) is 4.29. The molecular formula is C16H11Cl4NO2. The van der Waals surface area contributed by atoms with Crippen LogP contribution in [-0.4, -0.2) is 13.0 Å². The summed E-state index contributed by atoms with van der Waals surface area (Å²) in [5.41, 5.74) is 1.00. The second kappa shape index (κ2) is 7.93. The van der Waals surface area contributed by atoms with Crippen molar-refractivity contribution in [3.63, 3.8) is 0 Å². The summed E-state index contributed by atoms with van der Waals surface area (Å²) in [5.74, 6) is 0.0493. The number of carbonyl (C=O) groups excluding carboxylic acids is 1. The van der Waals surface area contributed by atoms with E-state index in [1.54, 1.807) is 36.4 Å². The summed E-state index contributed by atoms with van der Waals surface area (Å²) in [4.78, 5) is 12.0. The lowest BCUT2D eigenvalue weighted by Crippen LogP contribution is -2.08. The first kappa shape index (κ1) is 18.0. The molecule has 7 heteroatoms. The van der Waals surface area contributed by atoms with Crippen LogP contribution in [0.2, 0.25) is 20.1 Å². The van der Waals surface area contributed by atoms with E-state index < -0.39 is 0 Å². The van der Waals surface area contributed by atoms with Crippen LogP contribution in [0.1, 0.15) is 5.56 Å². The van der Waals surface area contributed by atoms with Crippen molar-refractivity contribution in [1.82, 2.24) is 0 Å². The SMILES string of the molecule is COc1c(Cl)cc(Cl)cc1/C=C/C(=O)Nc1cc(Cl)ccc1Cl. The fraction of sp³-hybridized carbons (Fsp3) is 0.0625. The predicted molar refractivity (Wildman–Crippen MR) is 97.1 cm³/mol. The third-order valence-corrected chi connectivity index (χ3v) is 3.91. The molecule has 0 saturated carbocycles. The van der Waals surface area contributed by atoms with Gasteiger partial charge in [-0.3, -0.25) is 4.79 Å². The third-order valence-electron chi connectivity index (χ3n) is 2.84. The van der Waals surface area contributed by atoms with Gasteiger partial charge in [-0.15, -0.1) is 0 Å². The first-order chi connectivity index (χ1) is 10.9. The van der Waals surface area contributed by atoms with Gasteiger partial charge in [0.15, 0.2) is 0 Å². The number of hydrogen-bond acceptors (Lipinski definition) is 2. The molecule has 2 rings (SSSR count). The van der Waals surface area contributed by atoms with Gasteiger partial charge in [0.05, 0.1) is 22.8 Å². The Bertz CT molecular complexity index is 775. The number of carbonyl (C=O) groups is 1. The summed E-state index contributed by atoms with van der Waals surface area (Å²) in [6.07, 6.45) is 2.87. The zero-order valence-electron chi connectivity index (χ0n) is 11.9. The molecule has 0 saturated heterocycles. The van der Waals surface area contributed by atoms with Gasteiger partial charge in [-0.25, -0.2) is 0 Å². The van der Waals surface area contributed by atoms with E-state index >= 15 is 0 Å². The van der Waals surface area contributed by atoms with E-state index in [2.05, 4.69) is 5.32 Å². The molecule has 0 bridgehead atoms. The molecule has 0 spiro atoms. The van der Waals surface area contributed by atoms with E-state index in [1.807, 2.05) is 0 Å². The fourth-order valence-corrected chi connectivity index (χ4v) is 2.78. The van der Waals surface area contributed by atoms with Gasteiger partial charge in [-0.2, -0.15) is 0 Å². The number of nitrogens with one attached hydrogen (secondary N) is 1. The molecule has 0 atom stereocenters. The minimum atomic E-state index is -0.382. The summed E-state index contributed by atoms with van der Waals surface area (Å²) >= 11 is 23.9. The minimum Gasteiger partial charge on any atom is -0.495 e. The molecule has 0 aliphatic heterocycles. The van der Waals surface area contributed by atoms with Gasteiger partial charge in [0.1, 0.15) is 5.75 Å². The van der Waals surface area contributed by atoms with Gasteiger partial charge in [0.25, 0.3) is 0 Å². The van der Waals surface area contributed by atoms with Gasteiger partial charge >= 0.3 is 0 Å². The van der Waals surface area contributed by atoms with Crippen molar-refractivity contribution in [2.45, 2.75) is 0 Å². The van der Waals surface area contributed by atoms with Crippen molar-refractivity contribution in [3.8, 4) is 5.75 Å². The van der Waals surface area contributed by atoms with Crippen LogP contribution >= 0.6 is 46.4 Å². The normalized spacial score (nSPS) is 10.8. The topological polar surface area (TPSA) is 38.3 Å². The van der Waals surface area contributed by atoms with Crippen LogP contribution in [0.15, 0.2) is 36.4 Å². The number of rotatable bonds is 4. The van der Waals surface area contributed by atoms with Gasteiger partial charge < -0.3 is 10.1 Å². The molecule has 2 aromatic rings. The Balaban J connectivity index is 2.20. The average Bonchev–Trinajstić information content (AvgIpc) is 2.48. The van der Waals surface area contributed by atoms with Gasteiger partial charge in [-0.1, -0.05) is 46.4 Å². The second-order valence-corrected chi connectivity index (χ2v) is 6.14. The monoisotopic (exact) mass is 389 g/mol. The van der Waals surface area contributed by atoms with Crippen LogP contribution in [0, 0.1) is 0 Å². The summed E-state index contributed by atoms with van der Waals surface area (Å²) in [6.45, 7) is 0. The fourth-order valence-electron chi connectivity index (χ4n) is 1.85. The maximum atomic E-state index is 12.0. The van der Waals surface area contributed by atoms with Gasteiger partial charge in [0.2, 0.25) is 5.91 Å². The zero-order chi connectivity index (χ0) is 17.0. The van der Waals surface area contributed by atoms with Crippen molar-refractivity contribution in [1.29, 1.82) is 0 Å². The summed E-state index contributed by atoms with van der Waals surface area (Å²) in [6, 6.07) is 8.00. The Morgan fingerprint density at radius 2 is 1.78 bits per heavy atom. The molecule has 120 valence electrons. The maximum Gasteiger partial charge on any atom is 0.248 e. The Hall–Kier alpha value is -1.39. The smallest absolute Gasteiger partial charge is 0.248 e. The second-order valence-electron chi connectivity index (χ2n) is 4.46. The van der Waals surface area contributed by atoms with E-state index in [9.17, 15) is 4.79 Å². The third kappa shape index (κ3) is 4.79. The Morgan fingerprint density at radius 3 is 2.48 bits per heavy atom. The van der Waals surface area contributed by atoms with Crippen LogP contribution in [0.5, 0.6) is 5.75 Å². The molecule has 23 heavy (non-hydrogen) atoms. The highest BCUT2D eigenvalue weighted by molar-refractivity contribution is 6.36. The molecule has 0 aromatic heterocycles. The van der Waals surface area contributed by atoms with Crippen LogP contribution < -0.4 is 10.1 Å². The Labute approximate surface area is 153 Å². The summed E-state index contributed by atoms with van der Waals surface area (Å²) in [7, 11) is 1.48. The molecule has 0 unspecified atom stereocenters. The molecule has 0 aliphatic carbocycles. The Morgan fingerprint density at radius 1 is 1.04 bits per heavy atom. The molecule has 0 heterocycles. The van der Waals surface area contributed by atoms with E-state index in [0.717, 1.165) is 0 Å². The largest absolute Gasteiger partial charge is 0.495 e. The highest BCUT2D eigenvalue weighted by Crippen LogP contribution is 2.33. The van der Waals surface area contributed by atoms with Crippen LogP contribution in [0.25, 0.3) is 6.08 Å². The van der Waals surface area contributed by atoms with Gasteiger partial charge in [0, 0.05) is 21.7 Å². The summed E-state index contributed by atoms with van der Waals surface area (Å²) < 4.78 is 5.20. The van der Waals surface area contributed by atoms with Crippen molar-refractivity contribution < 1.29 is 9.53 Å². The molecular weight excluding hydrogens is 380 g/mol. The van der Waals surface area contributed by atoms with E-state index in [-0.39, 0.29) is 5.91 Å². The molecule has 0 aliphatic rings. The Kier molecular flexibility index (Phi) is 6.19. The number of amides is 1. The van der Waals surface area contributed by atoms with Gasteiger partial charge in [-0.05, 0) is 36.4 Å². The molecule has 0 fully saturated rings.